The molecule has 0 atom stereocenters. The topological polar surface area (TPSA) is 80.9 Å². The molecular formula is C21H22N4O2S. The molecule has 2 aromatic heterocycles. The van der Waals surface area contributed by atoms with Crippen LogP contribution < -0.4 is 5.32 Å². The number of fused-ring (bicyclic) bond motifs is 1. The van der Waals surface area contributed by atoms with Crippen LogP contribution in [0.3, 0.4) is 0 Å². The van der Waals surface area contributed by atoms with E-state index >= 15 is 0 Å². The van der Waals surface area contributed by atoms with E-state index in [0.717, 1.165) is 42.0 Å². The molecule has 0 fully saturated rings. The highest BCUT2D eigenvalue weighted by atomic mass is 32.2. The van der Waals surface area contributed by atoms with Crippen molar-refractivity contribution in [3.63, 3.8) is 0 Å². The van der Waals surface area contributed by atoms with Gasteiger partial charge in [0.25, 0.3) is 5.89 Å². The fraction of sp³-hybridized carbons (Fsp3) is 0.333. The minimum Gasteiger partial charge on any atom is -0.334 e. The Bertz CT molecular complexity index is 969. The Balaban J connectivity index is 1.31. The van der Waals surface area contributed by atoms with Crippen LogP contribution in [0.4, 0.5) is 5.69 Å². The summed E-state index contributed by atoms with van der Waals surface area (Å²) in [5, 5.41) is 7.71. The maximum atomic E-state index is 12.2. The van der Waals surface area contributed by atoms with E-state index in [1.807, 2.05) is 18.2 Å². The molecule has 1 aliphatic carbocycles. The van der Waals surface area contributed by atoms with Crippen LogP contribution in [0.15, 0.2) is 46.1 Å². The monoisotopic (exact) mass is 394 g/mol. The van der Waals surface area contributed by atoms with Crippen molar-refractivity contribution in [3.05, 3.63) is 53.5 Å². The zero-order valence-corrected chi connectivity index (χ0v) is 16.6. The molecule has 144 valence electrons. The van der Waals surface area contributed by atoms with Crippen molar-refractivity contribution in [3.8, 4) is 11.5 Å². The van der Waals surface area contributed by atoms with Crippen molar-refractivity contribution in [1.29, 1.82) is 0 Å². The lowest BCUT2D eigenvalue weighted by Gasteiger charge is -2.07. The quantitative estimate of drug-likeness (QED) is 0.602. The molecule has 1 N–H and O–H groups in total. The molecular weight excluding hydrogens is 372 g/mol. The van der Waals surface area contributed by atoms with Crippen LogP contribution in [0.1, 0.15) is 36.7 Å². The summed E-state index contributed by atoms with van der Waals surface area (Å²) in [6.45, 7) is 2.07. The first-order chi connectivity index (χ1) is 13.7. The Morgan fingerprint density at radius 1 is 1.21 bits per heavy atom. The van der Waals surface area contributed by atoms with Gasteiger partial charge in [-0.1, -0.05) is 29.9 Å². The number of nitrogens with zero attached hydrogens (tertiary/aromatic N) is 3. The first-order valence-electron chi connectivity index (χ1n) is 9.54. The molecule has 0 aliphatic heterocycles. The van der Waals surface area contributed by atoms with Crippen LogP contribution in [-0.4, -0.2) is 26.8 Å². The van der Waals surface area contributed by atoms with E-state index in [0.29, 0.717) is 17.5 Å². The van der Waals surface area contributed by atoms with Crippen LogP contribution in [-0.2, 0) is 24.1 Å². The van der Waals surface area contributed by atoms with E-state index in [2.05, 4.69) is 39.5 Å². The Morgan fingerprint density at radius 2 is 2.11 bits per heavy atom. The summed E-state index contributed by atoms with van der Waals surface area (Å²) >= 11 is 1.40. The van der Waals surface area contributed by atoms with E-state index in [9.17, 15) is 4.79 Å². The molecule has 28 heavy (non-hydrogen) atoms. The number of aryl methyl sites for hydroxylation is 3. The number of rotatable bonds is 7. The van der Waals surface area contributed by atoms with Crippen LogP contribution in [0.25, 0.3) is 11.5 Å². The molecule has 0 spiro atoms. The van der Waals surface area contributed by atoms with Gasteiger partial charge in [-0.3, -0.25) is 4.79 Å². The van der Waals surface area contributed by atoms with Crippen molar-refractivity contribution >= 4 is 23.4 Å². The zero-order chi connectivity index (χ0) is 19.3. The van der Waals surface area contributed by atoms with Crippen LogP contribution in [0.2, 0.25) is 0 Å². The van der Waals surface area contributed by atoms with Gasteiger partial charge in [-0.2, -0.15) is 4.98 Å². The van der Waals surface area contributed by atoms with E-state index in [1.165, 1.54) is 29.3 Å². The molecule has 1 aromatic carbocycles. The normalized spacial score (nSPS) is 12.8. The summed E-state index contributed by atoms with van der Waals surface area (Å²) in [7, 11) is 0. The van der Waals surface area contributed by atoms with E-state index in [4.69, 9.17) is 4.52 Å². The number of hydrogen-bond acceptors (Lipinski definition) is 6. The number of benzene rings is 1. The predicted molar refractivity (Wildman–Crippen MR) is 109 cm³/mol. The lowest BCUT2D eigenvalue weighted by atomic mass is 10.1. The number of anilines is 1. The van der Waals surface area contributed by atoms with Crippen molar-refractivity contribution in [1.82, 2.24) is 15.1 Å². The fourth-order valence-corrected chi connectivity index (χ4v) is 3.92. The molecule has 0 bridgehead atoms. The molecule has 1 amide bonds. The van der Waals surface area contributed by atoms with E-state index < -0.39 is 0 Å². The van der Waals surface area contributed by atoms with Gasteiger partial charge in [-0.05, 0) is 61.1 Å². The minimum absolute atomic E-state index is 0.0325. The number of carbonyl (C=O) groups excluding carboxylic acids is 1. The largest absolute Gasteiger partial charge is 0.334 e. The molecule has 1 aliphatic rings. The van der Waals surface area contributed by atoms with Gasteiger partial charge in [0.05, 0.1) is 16.3 Å². The van der Waals surface area contributed by atoms with Gasteiger partial charge in [-0.25, -0.2) is 4.98 Å². The van der Waals surface area contributed by atoms with Crippen molar-refractivity contribution in [2.24, 2.45) is 0 Å². The number of carbonyl (C=O) groups is 1. The molecule has 0 saturated carbocycles. The van der Waals surface area contributed by atoms with Gasteiger partial charge in [0, 0.05) is 18.3 Å². The third kappa shape index (κ3) is 4.42. The molecule has 6 nitrogen and oxygen atoms in total. The second-order valence-electron chi connectivity index (χ2n) is 6.82. The summed E-state index contributed by atoms with van der Waals surface area (Å²) in [6.07, 6.45) is 6.91. The summed E-state index contributed by atoms with van der Waals surface area (Å²) in [6, 6.07) is 9.95. The molecule has 7 heteroatoms. The molecule has 0 saturated heterocycles. The highest BCUT2D eigenvalue weighted by molar-refractivity contribution is 7.99. The first kappa shape index (κ1) is 18.7. The van der Waals surface area contributed by atoms with Crippen molar-refractivity contribution < 1.29 is 9.32 Å². The Morgan fingerprint density at radius 3 is 2.93 bits per heavy atom. The van der Waals surface area contributed by atoms with E-state index in [1.54, 1.807) is 6.20 Å². The summed E-state index contributed by atoms with van der Waals surface area (Å²) in [5.41, 5.74) is 4.40. The molecule has 2 heterocycles. The third-order valence-electron chi connectivity index (χ3n) is 4.66. The SMILES string of the molecule is CCCc1noc(-c2ccc(SCC(=O)Nc3ccc4c(c3)CCC4)nc2)n1. The van der Waals surface area contributed by atoms with E-state index in [-0.39, 0.29) is 5.91 Å². The van der Waals surface area contributed by atoms with Crippen molar-refractivity contribution in [2.75, 3.05) is 11.1 Å². The van der Waals surface area contributed by atoms with Crippen LogP contribution in [0.5, 0.6) is 0 Å². The number of pyridine rings is 1. The fourth-order valence-electron chi connectivity index (χ4n) is 3.27. The van der Waals surface area contributed by atoms with Gasteiger partial charge < -0.3 is 9.84 Å². The van der Waals surface area contributed by atoms with Gasteiger partial charge in [0.2, 0.25) is 5.91 Å². The summed E-state index contributed by atoms with van der Waals surface area (Å²) in [4.78, 5) is 21.0. The molecule has 3 aromatic rings. The summed E-state index contributed by atoms with van der Waals surface area (Å²) < 4.78 is 5.27. The molecule has 0 radical (unpaired) electrons. The maximum absolute atomic E-state index is 12.2. The average Bonchev–Trinajstić information content (AvgIpc) is 3.36. The average molecular weight is 395 g/mol. The zero-order valence-electron chi connectivity index (χ0n) is 15.8. The first-order valence-corrected chi connectivity index (χ1v) is 10.5. The third-order valence-corrected chi connectivity index (χ3v) is 5.60. The Kier molecular flexibility index (Phi) is 5.71. The minimum atomic E-state index is -0.0325. The predicted octanol–water partition coefficient (Wildman–Crippen LogP) is 4.30. The standard InChI is InChI=1S/C21H22N4O2S/c1-2-4-18-24-21(27-25-18)16-8-10-20(22-12-16)28-13-19(26)23-17-9-7-14-5-3-6-15(14)11-17/h7-12H,2-6,13H2,1H3,(H,23,26). The smallest absolute Gasteiger partial charge is 0.259 e. The van der Waals surface area contributed by atoms with Gasteiger partial charge in [0.15, 0.2) is 5.82 Å². The second-order valence-corrected chi connectivity index (χ2v) is 7.82. The van der Waals surface area contributed by atoms with Crippen LogP contribution in [0, 0.1) is 0 Å². The number of amides is 1. The highest BCUT2D eigenvalue weighted by Gasteiger charge is 2.13. The number of thioether (sulfide) groups is 1. The molecule has 4 rings (SSSR count). The Labute approximate surface area is 168 Å². The number of nitrogens with one attached hydrogen (secondary N) is 1. The summed E-state index contributed by atoms with van der Waals surface area (Å²) in [5.74, 6) is 1.46. The highest BCUT2D eigenvalue weighted by Crippen LogP contribution is 2.25. The number of hydrogen-bond donors (Lipinski definition) is 1. The lowest BCUT2D eigenvalue weighted by Crippen LogP contribution is -2.14. The van der Waals surface area contributed by atoms with Crippen LogP contribution >= 0.6 is 11.8 Å². The maximum Gasteiger partial charge on any atom is 0.259 e. The van der Waals surface area contributed by atoms with Gasteiger partial charge in [-0.15, -0.1) is 0 Å². The molecule has 0 unspecified atom stereocenters. The van der Waals surface area contributed by atoms with Gasteiger partial charge in [0.1, 0.15) is 0 Å². The lowest BCUT2D eigenvalue weighted by molar-refractivity contribution is -0.113. The van der Waals surface area contributed by atoms with Crippen molar-refractivity contribution in [2.45, 2.75) is 44.1 Å². The number of aromatic nitrogens is 3. The Hall–Kier alpha value is -2.67. The second kappa shape index (κ2) is 8.56. The van der Waals surface area contributed by atoms with Gasteiger partial charge >= 0.3 is 0 Å².